The van der Waals surface area contributed by atoms with Crippen LogP contribution in [0.15, 0.2) is 0 Å². The zero-order valence-electron chi connectivity index (χ0n) is 10.6. The molecule has 3 heteroatoms. The summed E-state index contributed by atoms with van der Waals surface area (Å²) >= 11 is 0. The molecule has 4 aliphatic carbocycles. The van der Waals surface area contributed by atoms with Crippen LogP contribution in [-0.4, -0.2) is 23.4 Å². The molecule has 1 amide bonds. The Labute approximate surface area is 103 Å². The molecule has 4 fully saturated rings. The molecular weight excluding hydrogens is 212 g/mol. The van der Waals surface area contributed by atoms with Gasteiger partial charge in [-0.3, -0.25) is 4.79 Å². The van der Waals surface area contributed by atoms with Crippen molar-refractivity contribution in [1.82, 2.24) is 4.90 Å². The normalized spacial score (nSPS) is 46.6. The summed E-state index contributed by atoms with van der Waals surface area (Å²) in [5, 5.41) is 9.72. The minimum Gasteiger partial charge on any atom is -0.327 e. The number of hydrogen-bond acceptors (Lipinski definition) is 2. The SMILES string of the molecule is CC(=O)N(C)C1(C#N)C2CC3CC(C2)CC1C3. The molecule has 3 nitrogen and oxygen atoms in total. The Morgan fingerprint density at radius 2 is 1.65 bits per heavy atom. The maximum Gasteiger partial charge on any atom is 0.220 e. The van der Waals surface area contributed by atoms with Crippen LogP contribution < -0.4 is 0 Å². The fraction of sp³-hybridized carbons (Fsp3) is 0.857. The van der Waals surface area contributed by atoms with E-state index in [4.69, 9.17) is 0 Å². The fourth-order valence-electron chi connectivity index (χ4n) is 4.97. The first kappa shape index (κ1) is 11.1. The van der Waals surface area contributed by atoms with Crippen LogP contribution in [0.5, 0.6) is 0 Å². The summed E-state index contributed by atoms with van der Waals surface area (Å²) < 4.78 is 0. The van der Waals surface area contributed by atoms with Crippen molar-refractivity contribution in [3.63, 3.8) is 0 Å². The van der Waals surface area contributed by atoms with E-state index < -0.39 is 5.54 Å². The summed E-state index contributed by atoms with van der Waals surface area (Å²) in [5.74, 6) is 2.56. The van der Waals surface area contributed by atoms with E-state index in [0.29, 0.717) is 11.8 Å². The maximum atomic E-state index is 11.7. The highest BCUT2D eigenvalue weighted by Crippen LogP contribution is 2.59. The third-order valence-corrected chi connectivity index (χ3v) is 5.59. The summed E-state index contributed by atoms with van der Waals surface area (Å²) in [4.78, 5) is 13.5. The molecule has 0 saturated heterocycles. The van der Waals surface area contributed by atoms with Crippen molar-refractivity contribution in [2.75, 3.05) is 7.05 Å². The Morgan fingerprint density at radius 3 is 2.00 bits per heavy atom. The molecule has 4 aliphatic rings. The van der Waals surface area contributed by atoms with Crippen molar-refractivity contribution in [2.24, 2.45) is 23.7 Å². The smallest absolute Gasteiger partial charge is 0.220 e. The molecule has 0 N–H and O–H groups in total. The zero-order valence-corrected chi connectivity index (χ0v) is 10.6. The Balaban J connectivity index is 2.00. The van der Waals surface area contributed by atoms with Crippen molar-refractivity contribution in [1.29, 1.82) is 5.26 Å². The molecule has 4 rings (SSSR count). The van der Waals surface area contributed by atoms with Gasteiger partial charge in [-0.2, -0.15) is 5.26 Å². The van der Waals surface area contributed by atoms with Gasteiger partial charge < -0.3 is 4.90 Å². The minimum atomic E-state index is -0.487. The van der Waals surface area contributed by atoms with E-state index >= 15 is 0 Å². The van der Waals surface area contributed by atoms with Crippen LogP contribution in [0.1, 0.15) is 39.0 Å². The maximum absolute atomic E-state index is 11.7. The van der Waals surface area contributed by atoms with Gasteiger partial charge in [0.25, 0.3) is 0 Å². The monoisotopic (exact) mass is 232 g/mol. The number of amides is 1. The topological polar surface area (TPSA) is 44.1 Å². The summed E-state index contributed by atoms with van der Waals surface area (Å²) in [6.45, 7) is 1.59. The molecular formula is C14H20N2O. The van der Waals surface area contributed by atoms with E-state index in [-0.39, 0.29) is 5.91 Å². The van der Waals surface area contributed by atoms with Gasteiger partial charge in [0.05, 0.1) is 6.07 Å². The van der Waals surface area contributed by atoms with Gasteiger partial charge in [0, 0.05) is 14.0 Å². The first-order valence-electron chi connectivity index (χ1n) is 6.73. The first-order chi connectivity index (χ1) is 8.07. The van der Waals surface area contributed by atoms with E-state index in [2.05, 4.69) is 6.07 Å². The van der Waals surface area contributed by atoms with Crippen LogP contribution >= 0.6 is 0 Å². The summed E-state index contributed by atoms with van der Waals surface area (Å²) in [5.41, 5.74) is -0.487. The number of nitrogens with zero attached hydrogens (tertiary/aromatic N) is 2. The lowest BCUT2D eigenvalue weighted by Gasteiger charge is -2.60. The van der Waals surface area contributed by atoms with Crippen molar-refractivity contribution in [2.45, 2.75) is 44.6 Å². The molecule has 92 valence electrons. The molecule has 4 saturated carbocycles. The van der Waals surface area contributed by atoms with E-state index in [9.17, 15) is 10.1 Å². The molecule has 17 heavy (non-hydrogen) atoms. The third kappa shape index (κ3) is 1.30. The fourth-order valence-corrected chi connectivity index (χ4v) is 4.97. The van der Waals surface area contributed by atoms with Gasteiger partial charge in [-0.25, -0.2) is 0 Å². The largest absolute Gasteiger partial charge is 0.327 e. The minimum absolute atomic E-state index is 0.0408. The van der Waals surface area contributed by atoms with Gasteiger partial charge in [-0.1, -0.05) is 0 Å². The second-order valence-corrected chi connectivity index (χ2v) is 6.32. The van der Waals surface area contributed by atoms with Crippen LogP contribution in [0.4, 0.5) is 0 Å². The molecule has 0 aromatic carbocycles. The Morgan fingerprint density at radius 1 is 1.18 bits per heavy atom. The lowest BCUT2D eigenvalue weighted by atomic mass is 9.48. The standard InChI is InChI=1S/C14H20N2O/c1-9(17)16(2)14(8-15)12-4-10-3-11(6-12)7-13(14)5-10/h10-13H,3-7H2,1-2H3. The second kappa shape index (κ2) is 3.48. The average Bonchev–Trinajstić information content (AvgIpc) is 2.28. The molecule has 0 heterocycles. The number of carbonyl (C=O) groups excluding carboxylic acids is 1. The van der Waals surface area contributed by atoms with E-state index in [1.54, 1.807) is 11.8 Å². The van der Waals surface area contributed by atoms with Crippen LogP contribution in [0.25, 0.3) is 0 Å². The van der Waals surface area contributed by atoms with Gasteiger partial charge in [-0.15, -0.1) is 0 Å². The summed E-state index contributed by atoms with van der Waals surface area (Å²) in [6, 6.07) is 2.55. The van der Waals surface area contributed by atoms with Gasteiger partial charge in [0.1, 0.15) is 5.54 Å². The van der Waals surface area contributed by atoms with E-state index in [1.165, 1.54) is 6.42 Å². The number of nitriles is 1. The molecule has 0 atom stereocenters. The van der Waals surface area contributed by atoms with Gasteiger partial charge in [0.15, 0.2) is 0 Å². The highest BCUT2D eigenvalue weighted by atomic mass is 16.2. The number of carbonyl (C=O) groups is 1. The zero-order chi connectivity index (χ0) is 12.2. The molecule has 0 aliphatic heterocycles. The molecule has 0 unspecified atom stereocenters. The lowest BCUT2D eigenvalue weighted by molar-refractivity contribution is -0.147. The average molecular weight is 232 g/mol. The number of hydrogen-bond donors (Lipinski definition) is 0. The van der Waals surface area contributed by atoms with Crippen LogP contribution in [0.2, 0.25) is 0 Å². The van der Waals surface area contributed by atoms with Crippen molar-refractivity contribution in [3.8, 4) is 6.07 Å². The quantitative estimate of drug-likeness (QED) is 0.695. The highest BCUT2D eigenvalue weighted by molar-refractivity contribution is 5.74. The van der Waals surface area contributed by atoms with E-state index in [1.807, 2.05) is 7.05 Å². The third-order valence-electron chi connectivity index (χ3n) is 5.59. The predicted molar refractivity (Wildman–Crippen MR) is 63.8 cm³/mol. The van der Waals surface area contributed by atoms with Crippen molar-refractivity contribution < 1.29 is 4.79 Å². The first-order valence-corrected chi connectivity index (χ1v) is 6.73. The molecule has 0 aromatic heterocycles. The lowest BCUT2D eigenvalue weighted by Crippen LogP contribution is -2.65. The van der Waals surface area contributed by atoms with Gasteiger partial charge in [0.2, 0.25) is 5.91 Å². The Hall–Kier alpha value is -1.04. The number of rotatable bonds is 1. The van der Waals surface area contributed by atoms with E-state index in [0.717, 1.165) is 37.5 Å². The van der Waals surface area contributed by atoms with Crippen molar-refractivity contribution in [3.05, 3.63) is 0 Å². The van der Waals surface area contributed by atoms with Gasteiger partial charge in [-0.05, 0) is 55.8 Å². The molecule has 0 radical (unpaired) electrons. The molecule has 4 bridgehead atoms. The summed E-state index contributed by atoms with van der Waals surface area (Å²) in [7, 11) is 1.83. The molecule has 0 spiro atoms. The second-order valence-electron chi connectivity index (χ2n) is 6.32. The Bertz CT molecular complexity index is 368. The van der Waals surface area contributed by atoms with Gasteiger partial charge >= 0.3 is 0 Å². The highest BCUT2D eigenvalue weighted by Gasteiger charge is 2.60. The summed E-state index contributed by atoms with van der Waals surface area (Å²) in [6.07, 6.45) is 6.03. The predicted octanol–water partition coefficient (Wildman–Crippen LogP) is 2.18. The van der Waals surface area contributed by atoms with Crippen molar-refractivity contribution >= 4 is 5.91 Å². The van der Waals surface area contributed by atoms with Crippen LogP contribution in [-0.2, 0) is 4.79 Å². The van der Waals surface area contributed by atoms with Crippen LogP contribution in [0.3, 0.4) is 0 Å². The Kier molecular flexibility index (Phi) is 2.26. The van der Waals surface area contributed by atoms with Crippen LogP contribution in [0, 0.1) is 35.0 Å². The molecule has 0 aromatic rings.